The van der Waals surface area contributed by atoms with Crippen molar-refractivity contribution >= 4 is 40.8 Å². The van der Waals surface area contributed by atoms with E-state index in [2.05, 4.69) is 44.3 Å². The highest BCUT2D eigenvalue weighted by Crippen LogP contribution is 2.38. The Morgan fingerprint density at radius 3 is 2.83 bits per heavy atom. The van der Waals surface area contributed by atoms with Crippen LogP contribution in [0.2, 0.25) is 0 Å². The Morgan fingerprint density at radius 2 is 2.03 bits per heavy atom. The molecular formula is C26H23N9O. The lowest BCUT2D eigenvalue weighted by Gasteiger charge is -2.28. The summed E-state index contributed by atoms with van der Waals surface area (Å²) in [6.07, 6.45) is 9.06. The van der Waals surface area contributed by atoms with Crippen LogP contribution >= 0.6 is 0 Å². The first-order valence-electron chi connectivity index (χ1n) is 11.5. The Balaban J connectivity index is 1.43. The van der Waals surface area contributed by atoms with Gasteiger partial charge in [0, 0.05) is 48.9 Å². The number of benzene rings is 1. The maximum Gasteiger partial charge on any atom is 0.267 e. The zero-order valence-electron chi connectivity index (χ0n) is 19.8. The average molecular weight is 478 g/mol. The Kier molecular flexibility index (Phi) is 5.06. The van der Waals surface area contributed by atoms with E-state index in [4.69, 9.17) is 15.7 Å². The Morgan fingerprint density at radius 1 is 1.14 bits per heavy atom. The maximum atomic E-state index is 12.0. The van der Waals surface area contributed by atoms with Gasteiger partial charge in [0.15, 0.2) is 0 Å². The summed E-state index contributed by atoms with van der Waals surface area (Å²) in [5.74, 6) is 1.62. The van der Waals surface area contributed by atoms with Crippen LogP contribution in [-0.2, 0) is 7.05 Å². The van der Waals surface area contributed by atoms with E-state index in [0.29, 0.717) is 18.1 Å². The van der Waals surface area contributed by atoms with Gasteiger partial charge in [-0.1, -0.05) is 18.2 Å². The first-order valence-corrected chi connectivity index (χ1v) is 11.5. The molecule has 10 nitrogen and oxygen atoms in total. The van der Waals surface area contributed by atoms with Gasteiger partial charge in [0.1, 0.15) is 17.3 Å². The number of aryl methyl sites for hydroxylation is 2. The van der Waals surface area contributed by atoms with Crippen LogP contribution in [0.1, 0.15) is 27.2 Å². The van der Waals surface area contributed by atoms with Crippen molar-refractivity contribution < 1.29 is 4.79 Å². The van der Waals surface area contributed by atoms with E-state index in [0.717, 1.165) is 51.7 Å². The molecule has 0 saturated carbocycles. The molecule has 1 amide bonds. The summed E-state index contributed by atoms with van der Waals surface area (Å²) in [4.78, 5) is 32.4. The van der Waals surface area contributed by atoms with E-state index in [-0.39, 0.29) is 5.69 Å². The van der Waals surface area contributed by atoms with Crippen molar-refractivity contribution in [3.05, 3.63) is 77.5 Å². The second-order valence-electron chi connectivity index (χ2n) is 8.71. The number of primary amides is 1. The fourth-order valence-corrected chi connectivity index (χ4v) is 4.59. The molecule has 0 spiro atoms. The number of nitrogens with zero attached hydrogens (tertiary/aromatic N) is 7. The van der Waals surface area contributed by atoms with Gasteiger partial charge >= 0.3 is 0 Å². The molecule has 2 aliphatic heterocycles. The number of amidine groups is 1. The van der Waals surface area contributed by atoms with Crippen LogP contribution in [0.3, 0.4) is 0 Å². The quantitative estimate of drug-likeness (QED) is 0.452. The van der Waals surface area contributed by atoms with Gasteiger partial charge in [-0.15, -0.1) is 0 Å². The van der Waals surface area contributed by atoms with Crippen molar-refractivity contribution in [2.24, 2.45) is 17.8 Å². The number of nitrogens with one attached hydrogen (secondary N) is 1. The highest BCUT2D eigenvalue weighted by atomic mass is 16.1. The van der Waals surface area contributed by atoms with Gasteiger partial charge in [0.05, 0.1) is 18.4 Å². The molecule has 0 unspecified atom stereocenters. The molecule has 0 bridgehead atoms. The number of hydrogen-bond donors (Lipinski definition) is 2. The van der Waals surface area contributed by atoms with Crippen LogP contribution in [0.4, 0.5) is 17.5 Å². The van der Waals surface area contributed by atoms with Crippen LogP contribution in [0.15, 0.2) is 60.1 Å². The van der Waals surface area contributed by atoms with E-state index in [1.807, 2.05) is 37.6 Å². The third kappa shape index (κ3) is 3.68. The van der Waals surface area contributed by atoms with E-state index in [1.54, 1.807) is 23.1 Å². The predicted octanol–water partition coefficient (Wildman–Crippen LogP) is 3.20. The second kappa shape index (κ2) is 8.42. The van der Waals surface area contributed by atoms with Gasteiger partial charge < -0.3 is 16.0 Å². The van der Waals surface area contributed by atoms with Crippen molar-refractivity contribution in [2.45, 2.75) is 6.92 Å². The first kappa shape index (κ1) is 21.7. The molecule has 6 rings (SSSR count). The fraction of sp³-hybridized carbons (Fsp3) is 0.154. The third-order valence-electron chi connectivity index (χ3n) is 6.27. The lowest BCUT2D eigenvalue weighted by molar-refractivity contribution is 0.0996. The summed E-state index contributed by atoms with van der Waals surface area (Å²) in [6.45, 7) is 3.47. The summed E-state index contributed by atoms with van der Waals surface area (Å²) in [5, 5.41) is 7.39. The summed E-state index contributed by atoms with van der Waals surface area (Å²) in [6, 6.07) is 9.74. The monoisotopic (exact) mass is 477 g/mol. The zero-order chi connectivity index (χ0) is 24.8. The SMILES string of the molecule is Cc1ccc(-c2cccnc2C(N)=O)cc1C1=Cc2cnc(Nc3cnn(C)c3)nc2N2CCN=C12. The van der Waals surface area contributed by atoms with E-state index >= 15 is 0 Å². The number of carbonyl (C=O) groups is 1. The molecule has 2 aliphatic rings. The highest BCUT2D eigenvalue weighted by molar-refractivity contribution is 6.36. The summed E-state index contributed by atoms with van der Waals surface area (Å²) in [5.41, 5.74) is 12.2. The molecule has 36 heavy (non-hydrogen) atoms. The maximum absolute atomic E-state index is 12.0. The molecule has 1 aromatic carbocycles. The number of rotatable bonds is 5. The molecule has 4 aromatic rings. The number of pyridine rings is 1. The third-order valence-corrected chi connectivity index (χ3v) is 6.27. The fourth-order valence-electron chi connectivity index (χ4n) is 4.59. The average Bonchev–Trinajstić information content (AvgIpc) is 3.53. The number of anilines is 3. The van der Waals surface area contributed by atoms with Crippen molar-refractivity contribution in [1.29, 1.82) is 0 Å². The Bertz CT molecular complexity index is 1580. The van der Waals surface area contributed by atoms with Gasteiger partial charge in [-0.2, -0.15) is 10.1 Å². The summed E-state index contributed by atoms with van der Waals surface area (Å²) >= 11 is 0. The Hall–Kier alpha value is -4.86. The van der Waals surface area contributed by atoms with Gasteiger partial charge in [0.25, 0.3) is 5.91 Å². The topological polar surface area (TPSA) is 127 Å². The molecule has 3 aromatic heterocycles. The molecule has 0 fully saturated rings. The van der Waals surface area contributed by atoms with E-state index in [1.165, 1.54) is 0 Å². The number of fused-ring (bicyclic) bond motifs is 3. The van der Waals surface area contributed by atoms with E-state index in [9.17, 15) is 4.79 Å². The van der Waals surface area contributed by atoms with Crippen molar-refractivity contribution in [3.8, 4) is 11.1 Å². The predicted molar refractivity (Wildman–Crippen MR) is 139 cm³/mol. The minimum absolute atomic E-state index is 0.247. The summed E-state index contributed by atoms with van der Waals surface area (Å²) in [7, 11) is 1.86. The summed E-state index contributed by atoms with van der Waals surface area (Å²) < 4.78 is 1.72. The van der Waals surface area contributed by atoms with Crippen molar-refractivity contribution in [3.63, 3.8) is 0 Å². The number of hydrogen-bond acceptors (Lipinski definition) is 8. The number of amides is 1. The largest absolute Gasteiger partial charge is 0.364 e. The number of aromatic nitrogens is 5. The molecule has 0 aliphatic carbocycles. The van der Waals surface area contributed by atoms with Gasteiger partial charge in [-0.25, -0.2) is 4.98 Å². The minimum Gasteiger partial charge on any atom is -0.364 e. The van der Waals surface area contributed by atoms with Crippen LogP contribution in [-0.4, -0.2) is 49.6 Å². The molecule has 5 heterocycles. The number of aliphatic imine (C=N–C) groups is 1. The number of nitrogens with two attached hydrogens (primary N) is 1. The van der Waals surface area contributed by atoms with Crippen LogP contribution in [0.25, 0.3) is 22.8 Å². The normalized spacial score (nSPS) is 14.1. The lowest BCUT2D eigenvalue weighted by atomic mass is 9.91. The molecular weight excluding hydrogens is 454 g/mol. The zero-order valence-corrected chi connectivity index (χ0v) is 19.8. The van der Waals surface area contributed by atoms with Crippen molar-refractivity contribution in [2.75, 3.05) is 23.3 Å². The number of carbonyl (C=O) groups excluding carboxylic acids is 1. The highest BCUT2D eigenvalue weighted by Gasteiger charge is 2.31. The van der Waals surface area contributed by atoms with Gasteiger partial charge in [0.2, 0.25) is 5.95 Å². The van der Waals surface area contributed by atoms with E-state index < -0.39 is 5.91 Å². The van der Waals surface area contributed by atoms with Crippen LogP contribution in [0, 0.1) is 6.92 Å². The molecule has 10 heteroatoms. The lowest BCUT2D eigenvalue weighted by Crippen LogP contribution is -2.32. The second-order valence-corrected chi connectivity index (χ2v) is 8.71. The van der Waals surface area contributed by atoms with Gasteiger partial charge in [-0.05, 0) is 41.8 Å². The van der Waals surface area contributed by atoms with Crippen molar-refractivity contribution in [1.82, 2.24) is 24.7 Å². The smallest absolute Gasteiger partial charge is 0.267 e. The minimum atomic E-state index is -0.558. The standard InChI is InChI=1S/C26H23N9O/c1-15-5-6-16(19-4-3-7-28-22(19)23(27)36)10-20(15)21-11-17-12-30-26(32-18-13-31-34(2)14-18)33-24(17)35-9-8-29-25(21)35/h3-7,10-14H,8-9H2,1-2H3,(H2,27,36)(H,30,32,33). The first-order chi connectivity index (χ1) is 17.5. The van der Waals surface area contributed by atoms with Crippen LogP contribution < -0.4 is 16.0 Å². The Labute approximate surface area is 207 Å². The molecule has 178 valence electrons. The molecule has 0 atom stereocenters. The van der Waals surface area contributed by atoms with Crippen LogP contribution in [0.5, 0.6) is 0 Å². The van der Waals surface area contributed by atoms with Gasteiger partial charge in [-0.3, -0.25) is 19.5 Å². The molecule has 0 saturated heterocycles. The molecule has 3 N–H and O–H groups in total. The molecule has 0 radical (unpaired) electrons.